The van der Waals surface area contributed by atoms with Gasteiger partial charge in [0.25, 0.3) is 0 Å². The summed E-state index contributed by atoms with van der Waals surface area (Å²) in [5.74, 6) is 2.55. The number of allylic oxidation sites excluding steroid dienone is 1. The van der Waals surface area contributed by atoms with Crippen LogP contribution in [0.2, 0.25) is 0 Å². The molecular formula is C6H8NOPS2. The molecule has 1 heterocycles. The molecule has 0 aromatic carbocycles. The lowest BCUT2D eigenvalue weighted by Crippen LogP contribution is -2.00. The van der Waals surface area contributed by atoms with Crippen LogP contribution in [0.5, 0.6) is 0 Å². The predicted molar refractivity (Wildman–Crippen MR) is 53.6 cm³/mol. The lowest BCUT2D eigenvalue weighted by atomic mass is 10.6. The van der Waals surface area contributed by atoms with Crippen molar-refractivity contribution in [1.82, 2.24) is 4.67 Å². The van der Waals surface area contributed by atoms with Crippen LogP contribution >= 0.6 is 17.0 Å². The standard InChI is InChI=1S/C6H8NOPS2/c1-4-6-5-7(2)9(10,8-3)11-6/h1,5H,2-3H3. The number of rotatable bonds is 1. The maximum absolute atomic E-state index is 5.26. The maximum Gasteiger partial charge on any atom is 0.217 e. The van der Waals surface area contributed by atoms with E-state index < -0.39 is 5.62 Å². The molecule has 0 N–H and O–H groups in total. The van der Waals surface area contributed by atoms with Crippen LogP contribution in [-0.4, -0.2) is 18.8 Å². The smallest absolute Gasteiger partial charge is 0.217 e. The fourth-order valence-electron chi connectivity index (χ4n) is 0.682. The molecule has 1 aliphatic rings. The molecule has 0 fully saturated rings. The second kappa shape index (κ2) is 3.20. The van der Waals surface area contributed by atoms with Crippen molar-refractivity contribution in [2.75, 3.05) is 14.2 Å². The third-order valence-corrected chi connectivity index (χ3v) is 7.67. The number of nitrogens with zero attached hydrogens (tertiary/aromatic N) is 1. The van der Waals surface area contributed by atoms with Gasteiger partial charge in [0.1, 0.15) is 0 Å². The second-order valence-electron chi connectivity index (χ2n) is 1.95. The quantitative estimate of drug-likeness (QED) is 0.479. The predicted octanol–water partition coefficient (Wildman–Crippen LogP) is 2.01. The Morgan fingerprint density at radius 3 is 2.82 bits per heavy atom. The van der Waals surface area contributed by atoms with Gasteiger partial charge in [-0.2, -0.15) is 0 Å². The van der Waals surface area contributed by atoms with E-state index in [1.54, 1.807) is 7.11 Å². The highest BCUT2D eigenvalue weighted by Crippen LogP contribution is 2.68. The third-order valence-electron chi connectivity index (χ3n) is 1.28. The molecule has 5 heteroatoms. The van der Waals surface area contributed by atoms with E-state index in [2.05, 4.69) is 5.92 Å². The summed E-state index contributed by atoms with van der Waals surface area (Å²) in [4.78, 5) is 0.859. The van der Waals surface area contributed by atoms with E-state index in [1.807, 2.05) is 17.9 Å². The molecule has 0 saturated carbocycles. The molecule has 0 aromatic rings. The second-order valence-corrected chi connectivity index (χ2v) is 8.72. The average molecular weight is 205 g/mol. The molecule has 0 spiro atoms. The molecule has 0 aromatic heterocycles. The highest BCUT2D eigenvalue weighted by molar-refractivity contribution is 8.70. The molecule has 1 atom stereocenters. The molecule has 11 heavy (non-hydrogen) atoms. The van der Waals surface area contributed by atoms with E-state index in [1.165, 1.54) is 11.4 Å². The minimum absolute atomic E-state index is 0.859. The first-order valence-electron chi connectivity index (χ1n) is 2.89. The fraction of sp³-hybridized carbons (Fsp3) is 0.333. The van der Waals surface area contributed by atoms with Crippen molar-refractivity contribution in [3.8, 4) is 12.3 Å². The number of terminal acetylenes is 1. The molecule has 0 bridgehead atoms. The molecular weight excluding hydrogens is 197 g/mol. The maximum atomic E-state index is 5.26. The lowest BCUT2D eigenvalue weighted by Gasteiger charge is -2.20. The third kappa shape index (κ3) is 1.62. The first-order valence-corrected chi connectivity index (χ1v) is 6.99. The Kier molecular flexibility index (Phi) is 2.66. The number of hydrogen-bond donors (Lipinski definition) is 0. The summed E-state index contributed by atoms with van der Waals surface area (Å²) in [5, 5.41) is 0. The van der Waals surface area contributed by atoms with Crippen LogP contribution in [0, 0.1) is 12.3 Å². The highest BCUT2D eigenvalue weighted by atomic mass is 32.9. The first-order chi connectivity index (χ1) is 5.12. The summed E-state index contributed by atoms with van der Waals surface area (Å²) < 4.78 is 7.10. The van der Waals surface area contributed by atoms with Crippen molar-refractivity contribution in [3.63, 3.8) is 0 Å². The van der Waals surface area contributed by atoms with Crippen molar-refractivity contribution in [1.29, 1.82) is 0 Å². The van der Waals surface area contributed by atoms with Crippen LogP contribution in [-0.2, 0) is 16.3 Å². The minimum Gasteiger partial charge on any atom is -0.329 e. The van der Waals surface area contributed by atoms with Crippen molar-refractivity contribution >= 4 is 28.8 Å². The van der Waals surface area contributed by atoms with Gasteiger partial charge in [0.15, 0.2) is 0 Å². The Labute approximate surface area is 75.9 Å². The number of hydrogen-bond acceptors (Lipinski definition) is 3. The summed E-state index contributed by atoms with van der Waals surface area (Å²) in [6.07, 6.45) is 7.08. The van der Waals surface area contributed by atoms with Crippen LogP contribution in [0.4, 0.5) is 0 Å². The van der Waals surface area contributed by atoms with Crippen LogP contribution in [0.25, 0.3) is 0 Å². The van der Waals surface area contributed by atoms with E-state index in [4.69, 9.17) is 22.8 Å². The highest BCUT2D eigenvalue weighted by Gasteiger charge is 2.28. The van der Waals surface area contributed by atoms with Gasteiger partial charge in [-0.05, 0) is 23.2 Å². The average Bonchev–Trinajstić information content (AvgIpc) is 2.29. The Morgan fingerprint density at radius 2 is 2.55 bits per heavy atom. The molecule has 1 rings (SSSR count). The summed E-state index contributed by atoms with van der Waals surface area (Å²) >= 11 is 6.74. The Bertz CT molecular complexity index is 281. The van der Waals surface area contributed by atoms with Crippen molar-refractivity contribution in [2.24, 2.45) is 0 Å². The van der Waals surface area contributed by atoms with Gasteiger partial charge in [-0.3, -0.25) is 0 Å². The van der Waals surface area contributed by atoms with Crippen LogP contribution in [0.3, 0.4) is 0 Å². The normalized spacial score (nSPS) is 29.9. The van der Waals surface area contributed by atoms with Crippen molar-refractivity contribution in [2.45, 2.75) is 0 Å². The zero-order valence-corrected chi connectivity index (χ0v) is 8.80. The van der Waals surface area contributed by atoms with Gasteiger partial charge in [-0.1, -0.05) is 5.92 Å². The summed E-state index contributed by atoms with van der Waals surface area (Å²) in [6, 6.07) is 0. The largest absolute Gasteiger partial charge is 0.329 e. The molecule has 0 radical (unpaired) electrons. The SMILES string of the molecule is C#CC1=CN(C)P(=S)(OC)S1. The van der Waals surface area contributed by atoms with Gasteiger partial charge in [0.05, 0.1) is 4.91 Å². The van der Waals surface area contributed by atoms with Gasteiger partial charge in [-0.25, -0.2) is 0 Å². The van der Waals surface area contributed by atoms with E-state index in [9.17, 15) is 0 Å². The van der Waals surface area contributed by atoms with E-state index >= 15 is 0 Å². The van der Waals surface area contributed by atoms with Crippen LogP contribution in [0.1, 0.15) is 0 Å². The molecule has 60 valence electrons. The Hall–Kier alpha value is 0.0600. The minimum atomic E-state index is -1.87. The summed E-state index contributed by atoms with van der Waals surface area (Å²) in [7, 11) is 3.51. The van der Waals surface area contributed by atoms with Gasteiger partial charge in [-0.15, -0.1) is 6.42 Å². The van der Waals surface area contributed by atoms with Crippen LogP contribution < -0.4 is 0 Å². The molecule has 0 saturated heterocycles. The van der Waals surface area contributed by atoms with Crippen molar-refractivity contribution < 1.29 is 4.52 Å². The zero-order valence-electron chi connectivity index (χ0n) is 6.27. The van der Waals surface area contributed by atoms with Gasteiger partial charge < -0.3 is 9.19 Å². The lowest BCUT2D eigenvalue weighted by molar-refractivity contribution is 0.440. The van der Waals surface area contributed by atoms with Crippen LogP contribution in [0.15, 0.2) is 11.1 Å². The zero-order chi connectivity index (χ0) is 8.48. The molecule has 0 amide bonds. The van der Waals surface area contributed by atoms with Gasteiger partial charge >= 0.3 is 0 Å². The van der Waals surface area contributed by atoms with E-state index in [0.29, 0.717) is 0 Å². The Balaban J connectivity index is 2.87. The monoisotopic (exact) mass is 205 g/mol. The fourth-order valence-corrected chi connectivity index (χ4v) is 4.65. The molecule has 2 nitrogen and oxygen atoms in total. The summed E-state index contributed by atoms with van der Waals surface area (Å²) in [6.45, 7) is 0. The summed E-state index contributed by atoms with van der Waals surface area (Å²) in [5.41, 5.74) is -1.87. The van der Waals surface area contributed by atoms with Gasteiger partial charge in [0, 0.05) is 20.4 Å². The molecule has 0 aliphatic carbocycles. The topological polar surface area (TPSA) is 12.5 Å². The molecule has 1 unspecified atom stereocenters. The first kappa shape index (κ1) is 9.15. The molecule has 1 aliphatic heterocycles. The Morgan fingerprint density at radius 1 is 1.91 bits per heavy atom. The van der Waals surface area contributed by atoms with Crippen molar-refractivity contribution in [3.05, 3.63) is 11.1 Å². The van der Waals surface area contributed by atoms with E-state index in [-0.39, 0.29) is 0 Å². The van der Waals surface area contributed by atoms with E-state index in [0.717, 1.165) is 4.91 Å². The van der Waals surface area contributed by atoms with Gasteiger partial charge in [0.2, 0.25) is 5.62 Å².